The number of ether oxygens (including phenoxy) is 1. The lowest BCUT2D eigenvalue weighted by molar-refractivity contribution is -0.144. The molecule has 0 spiro atoms. The van der Waals surface area contributed by atoms with E-state index in [0.717, 1.165) is 5.56 Å². The normalized spacial score (nSPS) is 19.5. The van der Waals surface area contributed by atoms with Crippen LogP contribution in [0.1, 0.15) is 18.9 Å². The van der Waals surface area contributed by atoms with Gasteiger partial charge >= 0.3 is 0 Å². The van der Waals surface area contributed by atoms with Crippen molar-refractivity contribution in [3.8, 4) is 5.75 Å². The van der Waals surface area contributed by atoms with Crippen LogP contribution in [-0.4, -0.2) is 54.4 Å². The predicted octanol–water partition coefficient (Wildman–Crippen LogP) is 1.45. The predicted molar refractivity (Wildman–Crippen MR) is 80.1 cm³/mol. The van der Waals surface area contributed by atoms with Crippen LogP contribution >= 0.6 is 0 Å². The fourth-order valence-corrected chi connectivity index (χ4v) is 2.48. The first-order valence-corrected chi connectivity index (χ1v) is 7.15. The molecule has 0 bridgehead atoms. The summed E-state index contributed by atoms with van der Waals surface area (Å²) in [5, 5.41) is 0. The number of benzene rings is 1. The van der Waals surface area contributed by atoms with Crippen molar-refractivity contribution in [2.75, 3.05) is 20.6 Å². The molecule has 1 saturated heterocycles. The van der Waals surface area contributed by atoms with Crippen LogP contribution in [0.3, 0.4) is 0 Å². The quantitative estimate of drug-likeness (QED) is 0.843. The lowest BCUT2D eigenvalue weighted by Crippen LogP contribution is -2.47. The Bertz CT molecular complexity index is 527. The van der Waals surface area contributed by atoms with Gasteiger partial charge in [-0.2, -0.15) is 0 Å². The van der Waals surface area contributed by atoms with Crippen molar-refractivity contribution in [2.45, 2.75) is 32.4 Å². The van der Waals surface area contributed by atoms with Crippen molar-refractivity contribution < 1.29 is 14.3 Å². The van der Waals surface area contributed by atoms with Crippen molar-refractivity contribution in [1.29, 1.82) is 0 Å². The van der Waals surface area contributed by atoms with E-state index in [1.807, 2.05) is 31.2 Å². The van der Waals surface area contributed by atoms with Crippen LogP contribution < -0.4 is 4.74 Å². The number of likely N-dealkylation sites (N-methyl/N-ethyl adjacent to an activating group) is 2. The highest BCUT2D eigenvalue weighted by Crippen LogP contribution is 2.18. The monoisotopic (exact) mass is 290 g/mol. The fraction of sp³-hybridized carbons (Fsp3) is 0.500. The van der Waals surface area contributed by atoms with Crippen LogP contribution in [-0.2, 0) is 9.59 Å². The highest BCUT2D eigenvalue weighted by molar-refractivity contribution is 5.90. The van der Waals surface area contributed by atoms with Crippen LogP contribution in [0.25, 0.3) is 0 Å². The van der Waals surface area contributed by atoms with E-state index in [0.29, 0.717) is 18.7 Å². The number of carbonyl (C=O) groups is 2. The van der Waals surface area contributed by atoms with Crippen molar-refractivity contribution in [3.05, 3.63) is 29.8 Å². The second-order valence-electron chi connectivity index (χ2n) is 5.59. The maximum Gasteiger partial charge on any atom is 0.263 e. The van der Waals surface area contributed by atoms with Gasteiger partial charge in [0.1, 0.15) is 11.8 Å². The van der Waals surface area contributed by atoms with E-state index in [1.165, 1.54) is 4.90 Å². The van der Waals surface area contributed by atoms with E-state index < -0.39 is 6.10 Å². The van der Waals surface area contributed by atoms with Crippen LogP contribution in [0.15, 0.2) is 24.3 Å². The number of amides is 2. The van der Waals surface area contributed by atoms with Crippen molar-refractivity contribution >= 4 is 11.8 Å². The van der Waals surface area contributed by atoms with Gasteiger partial charge in [0.2, 0.25) is 5.91 Å². The third-order valence-corrected chi connectivity index (χ3v) is 3.90. The zero-order chi connectivity index (χ0) is 15.6. The highest BCUT2D eigenvalue weighted by atomic mass is 16.5. The van der Waals surface area contributed by atoms with Crippen LogP contribution in [0.2, 0.25) is 0 Å². The first-order chi connectivity index (χ1) is 9.90. The second kappa shape index (κ2) is 6.16. The molecule has 2 atom stereocenters. The molecule has 0 radical (unpaired) electrons. The SMILES string of the molecule is Cc1ccc(O[C@@H](C)C(=O)N(C)[C@@H]2CCN(C)C2=O)cc1. The number of nitrogens with zero attached hydrogens (tertiary/aromatic N) is 2. The third-order valence-electron chi connectivity index (χ3n) is 3.90. The highest BCUT2D eigenvalue weighted by Gasteiger charge is 2.36. The van der Waals surface area contributed by atoms with Gasteiger partial charge in [0.25, 0.3) is 5.91 Å². The molecule has 0 N–H and O–H groups in total. The molecule has 0 saturated carbocycles. The molecule has 1 aromatic carbocycles. The summed E-state index contributed by atoms with van der Waals surface area (Å²) in [7, 11) is 3.42. The molecule has 1 heterocycles. The average molecular weight is 290 g/mol. The lowest BCUT2D eigenvalue weighted by atomic mass is 10.2. The van der Waals surface area contributed by atoms with E-state index in [2.05, 4.69) is 0 Å². The van der Waals surface area contributed by atoms with Gasteiger partial charge in [-0.25, -0.2) is 0 Å². The standard InChI is InChI=1S/C16H22N2O3/c1-11-5-7-13(8-6-11)21-12(2)15(19)18(4)14-9-10-17(3)16(14)20/h5-8,12,14H,9-10H2,1-4H3/t12-,14+/m0/s1. The average Bonchev–Trinajstić information content (AvgIpc) is 2.80. The summed E-state index contributed by atoms with van der Waals surface area (Å²) in [5.74, 6) is 0.474. The van der Waals surface area contributed by atoms with Gasteiger partial charge < -0.3 is 14.5 Å². The molecular weight excluding hydrogens is 268 g/mol. The Morgan fingerprint density at radius 2 is 2.00 bits per heavy atom. The Kier molecular flexibility index (Phi) is 4.50. The number of hydrogen-bond acceptors (Lipinski definition) is 3. The number of rotatable bonds is 4. The molecule has 114 valence electrons. The summed E-state index contributed by atoms with van der Waals surface area (Å²) in [5.41, 5.74) is 1.14. The van der Waals surface area contributed by atoms with E-state index >= 15 is 0 Å². The van der Waals surface area contributed by atoms with Gasteiger partial charge in [0, 0.05) is 20.6 Å². The number of carbonyl (C=O) groups excluding carboxylic acids is 2. The number of aryl methyl sites for hydroxylation is 1. The maximum absolute atomic E-state index is 12.4. The van der Waals surface area contributed by atoms with Gasteiger partial charge in [-0.1, -0.05) is 17.7 Å². The minimum atomic E-state index is -0.614. The van der Waals surface area contributed by atoms with Crippen LogP contribution in [0, 0.1) is 6.92 Å². The summed E-state index contributed by atoms with van der Waals surface area (Å²) < 4.78 is 5.66. The molecule has 1 aliphatic heterocycles. The zero-order valence-corrected chi connectivity index (χ0v) is 13.0. The van der Waals surface area contributed by atoms with Crippen LogP contribution in [0.5, 0.6) is 5.75 Å². The smallest absolute Gasteiger partial charge is 0.263 e. The summed E-state index contributed by atoms with van der Waals surface area (Å²) in [4.78, 5) is 27.5. The number of likely N-dealkylation sites (tertiary alicyclic amines) is 1. The molecule has 5 heteroatoms. The van der Waals surface area contributed by atoms with Gasteiger partial charge in [-0.3, -0.25) is 9.59 Å². The Labute approximate surface area is 125 Å². The molecule has 1 aliphatic rings. The van der Waals surface area contributed by atoms with Gasteiger partial charge in [0.05, 0.1) is 0 Å². The Morgan fingerprint density at radius 3 is 2.52 bits per heavy atom. The minimum absolute atomic E-state index is 0.00612. The molecule has 5 nitrogen and oxygen atoms in total. The lowest BCUT2D eigenvalue weighted by Gasteiger charge is -2.26. The molecule has 0 aliphatic carbocycles. The third kappa shape index (κ3) is 3.35. The maximum atomic E-state index is 12.4. The summed E-state index contributed by atoms with van der Waals surface area (Å²) >= 11 is 0. The first kappa shape index (κ1) is 15.4. The van der Waals surface area contributed by atoms with Crippen LogP contribution in [0.4, 0.5) is 0 Å². The molecule has 2 amide bonds. The fourth-order valence-electron chi connectivity index (χ4n) is 2.48. The van der Waals surface area contributed by atoms with E-state index in [-0.39, 0.29) is 17.9 Å². The summed E-state index contributed by atoms with van der Waals surface area (Å²) in [6.07, 6.45) is 0.0610. The molecule has 2 rings (SSSR count). The largest absolute Gasteiger partial charge is 0.481 e. The second-order valence-corrected chi connectivity index (χ2v) is 5.59. The van der Waals surface area contributed by atoms with Gasteiger partial charge in [0.15, 0.2) is 6.10 Å². The van der Waals surface area contributed by atoms with Gasteiger partial charge in [-0.15, -0.1) is 0 Å². The Hall–Kier alpha value is -2.04. The van der Waals surface area contributed by atoms with Crippen molar-refractivity contribution in [2.24, 2.45) is 0 Å². The molecule has 21 heavy (non-hydrogen) atoms. The topological polar surface area (TPSA) is 49.9 Å². The van der Waals surface area contributed by atoms with E-state index in [1.54, 1.807) is 25.9 Å². The molecular formula is C16H22N2O3. The molecule has 0 unspecified atom stereocenters. The van der Waals surface area contributed by atoms with Crippen molar-refractivity contribution in [3.63, 3.8) is 0 Å². The first-order valence-electron chi connectivity index (χ1n) is 7.15. The zero-order valence-electron chi connectivity index (χ0n) is 13.0. The molecule has 1 fully saturated rings. The summed E-state index contributed by atoms with van der Waals surface area (Å²) in [6.45, 7) is 4.39. The minimum Gasteiger partial charge on any atom is -0.481 e. The van der Waals surface area contributed by atoms with Crippen molar-refractivity contribution in [1.82, 2.24) is 9.80 Å². The van der Waals surface area contributed by atoms with Gasteiger partial charge in [-0.05, 0) is 32.4 Å². The molecule has 1 aromatic rings. The molecule has 0 aromatic heterocycles. The Balaban J connectivity index is 1.98. The Morgan fingerprint density at radius 1 is 1.38 bits per heavy atom. The number of hydrogen-bond donors (Lipinski definition) is 0. The van der Waals surface area contributed by atoms with E-state index in [9.17, 15) is 9.59 Å². The summed E-state index contributed by atoms with van der Waals surface area (Å²) in [6, 6.07) is 7.19. The van der Waals surface area contributed by atoms with E-state index in [4.69, 9.17) is 4.74 Å².